The van der Waals surface area contributed by atoms with E-state index >= 15 is 0 Å². The Labute approximate surface area is 200 Å². The Morgan fingerprint density at radius 2 is 1.67 bits per heavy atom. The van der Waals surface area contributed by atoms with E-state index in [1.165, 1.54) is 4.88 Å². The van der Waals surface area contributed by atoms with Crippen LogP contribution in [0.2, 0.25) is 0 Å². The molecule has 1 amide bonds. The predicted molar refractivity (Wildman–Crippen MR) is 134 cm³/mol. The molecule has 0 saturated heterocycles. The molecule has 1 N–H and O–H groups in total. The van der Waals surface area contributed by atoms with Crippen molar-refractivity contribution in [3.63, 3.8) is 0 Å². The Morgan fingerprint density at radius 1 is 1.03 bits per heavy atom. The SMILES string of the molecule is CCOC(=O)c1c(NC(=O)CC(c2ccccc2)c2ccccc2)sc2c1CCC(CC)C2. The average Bonchev–Trinajstić information content (AvgIpc) is 3.20. The molecule has 3 aromatic rings. The standard InChI is InChI=1S/C28H31NO3S/c1-3-19-15-16-22-24(17-19)33-27(26(22)28(31)32-4-2)29-25(30)18-23(20-11-7-5-8-12-20)21-13-9-6-10-14-21/h5-14,19,23H,3-4,15-18H2,1-2H3,(H,29,30). The first-order valence-electron chi connectivity index (χ1n) is 11.8. The van der Waals surface area contributed by atoms with Gasteiger partial charge in [0, 0.05) is 17.2 Å². The predicted octanol–water partition coefficient (Wildman–Crippen LogP) is 6.60. The second-order valence-electron chi connectivity index (χ2n) is 8.57. The molecule has 0 radical (unpaired) electrons. The van der Waals surface area contributed by atoms with E-state index in [0.717, 1.165) is 42.4 Å². The van der Waals surface area contributed by atoms with Crippen LogP contribution in [0, 0.1) is 5.92 Å². The molecule has 0 spiro atoms. The van der Waals surface area contributed by atoms with Crippen LogP contribution in [0.25, 0.3) is 0 Å². The lowest BCUT2D eigenvalue weighted by atomic mass is 9.85. The Kier molecular flexibility index (Phi) is 7.61. The van der Waals surface area contributed by atoms with Crippen LogP contribution >= 0.6 is 11.3 Å². The summed E-state index contributed by atoms with van der Waals surface area (Å²) in [6.07, 6.45) is 4.34. The molecule has 1 atom stereocenters. The lowest BCUT2D eigenvalue weighted by Crippen LogP contribution is -2.19. The minimum absolute atomic E-state index is 0.0579. The first kappa shape index (κ1) is 23.2. The molecular weight excluding hydrogens is 430 g/mol. The number of ether oxygens (including phenoxy) is 1. The maximum absolute atomic E-state index is 13.3. The molecule has 1 unspecified atom stereocenters. The van der Waals surface area contributed by atoms with Crippen LogP contribution in [0.4, 0.5) is 5.00 Å². The van der Waals surface area contributed by atoms with Gasteiger partial charge in [-0.1, -0.05) is 74.0 Å². The number of amides is 1. The smallest absolute Gasteiger partial charge is 0.341 e. The lowest BCUT2D eigenvalue weighted by Gasteiger charge is -2.21. The molecular formula is C28H31NO3S. The Balaban J connectivity index is 1.60. The molecule has 172 valence electrons. The fourth-order valence-corrected chi connectivity index (χ4v) is 6.04. The summed E-state index contributed by atoms with van der Waals surface area (Å²) in [4.78, 5) is 27.3. The van der Waals surface area contributed by atoms with Gasteiger partial charge in [0.15, 0.2) is 0 Å². The topological polar surface area (TPSA) is 55.4 Å². The number of carbonyl (C=O) groups excluding carboxylic acids is 2. The molecule has 0 fully saturated rings. The normalized spacial score (nSPS) is 15.2. The van der Waals surface area contributed by atoms with Crippen molar-refractivity contribution < 1.29 is 14.3 Å². The van der Waals surface area contributed by atoms with Crippen LogP contribution in [0.3, 0.4) is 0 Å². The second kappa shape index (κ2) is 10.8. The fourth-order valence-electron chi connectivity index (χ4n) is 4.67. The van der Waals surface area contributed by atoms with E-state index in [4.69, 9.17) is 4.74 Å². The number of thiophene rings is 1. The van der Waals surface area contributed by atoms with Gasteiger partial charge in [0.1, 0.15) is 5.00 Å². The number of nitrogens with one attached hydrogen (secondary N) is 1. The molecule has 0 saturated carbocycles. The molecule has 4 nitrogen and oxygen atoms in total. The van der Waals surface area contributed by atoms with Crippen LogP contribution in [0.5, 0.6) is 0 Å². The van der Waals surface area contributed by atoms with E-state index in [1.807, 2.05) is 43.3 Å². The van der Waals surface area contributed by atoms with E-state index in [-0.39, 0.29) is 17.8 Å². The lowest BCUT2D eigenvalue weighted by molar-refractivity contribution is -0.116. The van der Waals surface area contributed by atoms with E-state index in [0.29, 0.717) is 29.5 Å². The van der Waals surface area contributed by atoms with Gasteiger partial charge < -0.3 is 10.1 Å². The first-order chi connectivity index (χ1) is 16.1. The third-order valence-corrected chi connectivity index (χ3v) is 7.64. The summed E-state index contributed by atoms with van der Waals surface area (Å²) in [6.45, 7) is 4.34. The number of carbonyl (C=O) groups is 2. The van der Waals surface area contributed by atoms with Crippen LogP contribution in [-0.4, -0.2) is 18.5 Å². The van der Waals surface area contributed by atoms with E-state index in [9.17, 15) is 9.59 Å². The minimum atomic E-state index is -0.331. The summed E-state index contributed by atoms with van der Waals surface area (Å²) in [5.41, 5.74) is 3.83. The van der Waals surface area contributed by atoms with Crippen molar-refractivity contribution in [3.05, 3.63) is 87.8 Å². The molecule has 0 aliphatic heterocycles. The van der Waals surface area contributed by atoms with Crippen LogP contribution in [0.15, 0.2) is 60.7 Å². The summed E-state index contributed by atoms with van der Waals surface area (Å²) in [6, 6.07) is 20.2. The zero-order valence-electron chi connectivity index (χ0n) is 19.3. The van der Waals surface area contributed by atoms with Crippen LogP contribution < -0.4 is 5.32 Å². The van der Waals surface area contributed by atoms with E-state index in [1.54, 1.807) is 11.3 Å². The summed E-state index contributed by atoms with van der Waals surface area (Å²) in [5.74, 6) is 0.152. The minimum Gasteiger partial charge on any atom is -0.462 e. The summed E-state index contributed by atoms with van der Waals surface area (Å²) < 4.78 is 5.36. The number of rotatable bonds is 8. The van der Waals surface area contributed by atoms with Gasteiger partial charge >= 0.3 is 5.97 Å². The third kappa shape index (κ3) is 5.36. The molecule has 4 rings (SSSR count). The summed E-state index contributed by atoms with van der Waals surface area (Å²) in [5, 5.41) is 3.73. The molecule has 5 heteroatoms. The highest BCUT2D eigenvalue weighted by molar-refractivity contribution is 7.17. The monoisotopic (exact) mass is 461 g/mol. The molecule has 1 aliphatic carbocycles. The molecule has 1 aliphatic rings. The van der Waals surface area contributed by atoms with Gasteiger partial charge in [-0.15, -0.1) is 11.3 Å². The number of esters is 1. The number of anilines is 1. The van der Waals surface area contributed by atoms with Crippen molar-refractivity contribution in [1.29, 1.82) is 0 Å². The number of hydrogen-bond acceptors (Lipinski definition) is 4. The van der Waals surface area contributed by atoms with Gasteiger partial charge in [-0.25, -0.2) is 4.79 Å². The fraction of sp³-hybridized carbons (Fsp3) is 0.357. The van der Waals surface area contributed by atoms with E-state index in [2.05, 4.69) is 36.5 Å². The quantitative estimate of drug-likeness (QED) is 0.385. The zero-order chi connectivity index (χ0) is 23.2. The van der Waals surface area contributed by atoms with Crippen molar-refractivity contribution in [3.8, 4) is 0 Å². The largest absolute Gasteiger partial charge is 0.462 e. The zero-order valence-corrected chi connectivity index (χ0v) is 20.1. The van der Waals surface area contributed by atoms with Crippen molar-refractivity contribution >= 4 is 28.2 Å². The van der Waals surface area contributed by atoms with Crippen LogP contribution in [-0.2, 0) is 22.4 Å². The molecule has 2 aromatic carbocycles. The Hall–Kier alpha value is -2.92. The first-order valence-corrected chi connectivity index (χ1v) is 12.6. The van der Waals surface area contributed by atoms with Gasteiger partial charge in [0.05, 0.1) is 12.2 Å². The Morgan fingerprint density at radius 3 is 2.24 bits per heavy atom. The Bertz CT molecular complexity index is 1050. The van der Waals surface area contributed by atoms with E-state index < -0.39 is 0 Å². The molecule has 33 heavy (non-hydrogen) atoms. The highest BCUT2D eigenvalue weighted by Crippen LogP contribution is 2.41. The maximum Gasteiger partial charge on any atom is 0.341 e. The molecule has 1 aromatic heterocycles. The van der Waals surface area contributed by atoms with Crippen LogP contribution in [0.1, 0.15) is 71.0 Å². The average molecular weight is 462 g/mol. The summed E-state index contributed by atoms with van der Waals surface area (Å²) in [7, 11) is 0. The van der Waals surface area contributed by atoms with Crippen molar-refractivity contribution in [2.45, 2.75) is 51.9 Å². The molecule has 1 heterocycles. The van der Waals surface area contributed by atoms with Gasteiger partial charge in [-0.2, -0.15) is 0 Å². The van der Waals surface area contributed by atoms with Gasteiger partial charge in [0.25, 0.3) is 0 Å². The summed E-state index contributed by atoms with van der Waals surface area (Å²) >= 11 is 1.55. The number of benzene rings is 2. The third-order valence-electron chi connectivity index (χ3n) is 6.47. The highest BCUT2D eigenvalue weighted by Gasteiger charge is 2.30. The number of hydrogen-bond donors (Lipinski definition) is 1. The van der Waals surface area contributed by atoms with Crippen molar-refractivity contribution in [1.82, 2.24) is 0 Å². The van der Waals surface area contributed by atoms with Gasteiger partial charge in [-0.05, 0) is 48.8 Å². The molecule has 0 bridgehead atoms. The van der Waals surface area contributed by atoms with Gasteiger partial charge in [0.2, 0.25) is 5.91 Å². The maximum atomic E-state index is 13.3. The van der Waals surface area contributed by atoms with Crippen molar-refractivity contribution in [2.24, 2.45) is 5.92 Å². The highest BCUT2D eigenvalue weighted by atomic mass is 32.1. The number of fused-ring (bicyclic) bond motifs is 1. The second-order valence-corrected chi connectivity index (χ2v) is 9.68. The van der Waals surface area contributed by atoms with Crippen molar-refractivity contribution in [2.75, 3.05) is 11.9 Å². The van der Waals surface area contributed by atoms with Gasteiger partial charge in [-0.3, -0.25) is 4.79 Å².